The van der Waals surface area contributed by atoms with E-state index in [0.29, 0.717) is 36.8 Å². The predicted molar refractivity (Wildman–Crippen MR) is 102 cm³/mol. The van der Waals surface area contributed by atoms with Crippen LogP contribution < -0.4 is 11.1 Å². The number of nitrogens with one attached hydrogen (secondary N) is 1. The van der Waals surface area contributed by atoms with Crippen molar-refractivity contribution < 1.29 is 14.3 Å². The molecule has 3 N–H and O–H groups in total. The topological polar surface area (TPSA) is 81.4 Å². The first kappa shape index (κ1) is 18.7. The molecule has 5 nitrogen and oxygen atoms in total. The van der Waals surface area contributed by atoms with Crippen LogP contribution in [0.4, 0.5) is 5.69 Å². The fourth-order valence-corrected chi connectivity index (χ4v) is 3.58. The van der Waals surface area contributed by atoms with Crippen LogP contribution in [0.2, 0.25) is 10.0 Å². The number of rotatable bonds is 4. The lowest BCUT2D eigenvalue weighted by atomic mass is 9.73. The Kier molecular flexibility index (Phi) is 5.51. The number of hydrogen-bond acceptors (Lipinski definition) is 3. The van der Waals surface area contributed by atoms with Crippen LogP contribution in [0.3, 0.4) is 0 Å². The van der Waals surface area contributed by atoms with Gasteiger partial charge in [-0.3, -0.25) is 9.59 Å². The van der Waals surface area contributed by atoms with Crippen molar-refractivity contribution in [2.75, 3.05) is 18.5 Å². The summed E-state index contributed by atoms with van der Waals surface area (Å²) in [6, 6.07) is 11.9. The van der Waals surface area contributed by atoms with Gasteiger partial charge in [0.1, 0.15) is 0 Å². The zero-order valence-electron chi connectivity index (χ0n) is 13.9. The number of primary amides is 1. The number of amides is 2. The summed E-state index contributed by atoms with van der Waals surface area (Å²) in [5.74, 6) is -0.763. The van der Waals surface area contributed by atoms with Gasteiger partial charge in [0.25, 0.3) is 0 Å². The molecular weight excluding hydrogens is 375 g/mol. The molecule has 1 aliphatic rings. The van der Waals surface area contributed by atoms with Crippen molar-refractivity contribution in [1.29, 1.82) is 0 Å². The van der Waals surface area contributed by atoms with E-state index in [9.17, 15) is 9.59 Å². The Morgan fingerprint density at radius 1 is 1.04 bits per heavy atom. The molecule has 2 aromatic rings. The van der Waals surface area contributed by atoms with Gasteiger partial charge in [0.05, 0.1) is 16.0 Å². The highest BCUT2D eigenvalue weighted by Crippen LogP contribution is 2.37. The maximum Gasteiger partial charge on any atom is 0.250 e. The van der Waals surface area contributed by atoms with Crippen LogP contribution in [0.1, 0.15) is 28.8 Å². The molecule has 3 rings (SSSR count). The van der Waals surface area contributed by atoms with Crippen molar-refractivity contribution in [2.24, 2.45) is 5.73 Å². The second-order valence-electron chi connectivity index (χ2n) is 6.21. The summed E-state index contributed by atoms with van der Waals surface area (Å²) in [4.78, 5) is 24.5. The van der Waals surface area contributed by atoms with Crippen molar-refractivity contribution in [3.63, 3.8) is 0 Å². The molecule has 0 radical (unpaired) electrons. The number of halogens is 2. The summed E-state index contributed by atoms with van der Waals surface area (Å²) in [5.41, 5.74) is 6.15. The van der Waals surface area contributed by atoms with Gasteiger partial charge in [0.15, 0.2) is 0 Å². The highest BCUT2D eigenvalue weighted by Gasteiger charge is 2.41. The summed E-state index contributed by atoms with van der Waals surface area (Å²) in [5, 5.41) is 3.72. The summed E-state index contributed by atoms with van der Waals surface area (Å²) < 4.78 is 5.45. The molecule has 2 aromatic carbocycles. The second kappa shape index (κ2) is 7.66. The zero-order chi connectivity index (χ0) is 18.7. The SMILES string of the molecule is NC(=O)c1ccc(NC(=O)C2(c3ccc(Cl)cc3)CCOCC2)cc1Cl. The third-order valence-corrected chi connectivity index (χ3v) is 5.23. The Balaban J connectivity index is 1.90. The van der Waals surface area contributed by atoms with Gasteiger partial charge < -0.3 is 15.8 Å². The lowest BCUT2D eigenvalue weighted by Crippen LogP contribution is -2.44. The van der Waals surface area contributed by atoms with Crippen LogP contribution in [-0.2, 0) is 14.9 Å². The van der Waals surface area contributed by atoms with Gasteiger partial charge in [0.2, 0.25) is 11.8 Å². The van der Waals surface area contributed by atoms with Crippen molar-refractivity contribution in [2.45, 2.75) is 18.3 Å². The minimum absolute atomic E-state index is 0.147. The van der Waals surface area contributed by atoms with Crippen molar-refractivity contribution >= 4 is 40.7 Å². The first-order chi connectivity index (χ1) is 12.4. The summed E-state index contributed by atoms with van der Waals surface area (Å²) >= 11 is 12.1. The monoisotopic (exact) mass is 392 g/mol. The quantitative estimate of drug-likeness (QED) is 0.830. The number of ether oxygens (including phenoxy) is 1. The zero-order valence-corrected chi connectivity index (χ0v) is 15.4. The van der Waals surface area contributed by atoms with Crippen molar-refractivity contribution in [1.82, 2.24) is 0 Å². The number of carbonyl (C=O) groups excluding carboxylic acids is 2. The largest absolute Gasteiger partial charge is 0.381 e. The lowest BCUT2D eigenvalue weighted by Gasteiger charge is -2.36. The molecule has 0 aliphatic carbocycles. The van der Waals surface area contributed by atoms with Crippen molar-refractivity contribution in [3.05, 3.63) is 63.6 Å². The highest BCUT2D eigenvalue weighted by atomic mass is 35.5. The molecule has 26 heavy (non-hydrogen) atoms. The normalized spacial score (nSPS) is 16.1. The average Bonchev–Trinajstić information content (AvgIpc) is 2.62. The Bertz CT molecular complexity index is 831. The van der Waals surface area contributed by atoms with Gasteiger partial charge in [-0.25, -0.2) is 0 Å². The van der Waals surface area contributed by atoms with Crippen LogP contribution in [0.5, 0.6) is 0 Å². The molecule has 1 aliphatic heterocycles. The van der Waals surface area contributed by atoms with E-state index in [4.69, 9.17) is 33.7 Å². The van der Waals surface area contributed by atoms with E-state index >= 15 is 0 Å². The smallest absolute Gasteiger partial charge is 0.250 e. The lowest BCUT2D eigenvalue weighted by molar-refractivity contribution is -0.125. The van der Waals surface area contributed by atoms with Crippen LogP contribution in [0.25, 0.3) is 0 Å². The Morgan fingerprint density at radius 3 is 2.27 bits per heavy atom. The molecule has 0 spiro atoms. The average molecular weight is 393 g/mol. The number of anilines is 1. The van der Waals surface area contributed by atoms with Gasteiger partial charge >= 0.3 is 0 Å². The predicted octanol–water partition coefficient (Wildman–Crippen LogP) is 3.78. The number of carbonyl (C=O) groups is 2. The molecule has 1 fully saturated rings. The summed E-state index contributed by atoms with van der Waals surface area (Å²) in [7, 11) is 0. The number of hydrogen-bond donors (Lipinski definition) is 2. The first-order valence-electron chi connectivity index (χ1n) is 8.17. The Morgan fingerprint density at radius 2 is 1.69 bits per heavy atom. The van der Waals surface area contributed by atoms with E-state index in [2.05, 4.69) is 5.32 Å². The summed E-state index contributed by atoms with van der Waals surface area (Å²) in [6.07, 6.45) is 1.13. The van der Waals surface area contributed by atoms with E-state index in [1.165, 1.54) is 12.1 Å². The van der Waals surface area contributed by atoms with Crippen LogP contribution in [0, 0.1) is 0 Å². The maximum atomic E-state index is 13.2. The van der Waals surface area contributed by atoms with Gasteiger partial charge in [-0.2, -0.15) is 0 Å². The van der Waals surface area contributed by atoms with Gasteiger partial charge in [-0.05, 0) is 48.7 Å². The van der Waals surface area contributed by atoms with Gasteiger partial charge in [-0.15, -0.1) is 0 Å². The molecule has 1 saturated heterocycles. The van der Waals surface area contributed by atoms with E-state index in [1.807, 2.05) is 12.1 Å². The molecule has 136 valence electrons. The maximum absolute atomic E-state index is 13.2. The number of benzene rings is 2. The standard InChI is InChI=1S/C19H18Cl2N2O3/c20-13-3-1-12(2-4-13)19(7-9-26-10-8-19)18(25)23-14-5-6-15(17(22)24)16(21)11-14/h1-6,11H,7-10H2,(H2,22,24)(H,23,25). The molecule has 0 saturated carbocycles. The van der Waals surface area contributed by atoms with Crippen LogP contribution in [0.15, 0.2) is 42.5 Å². The molecule has 0 aromatic heterocycles. The minimum atomic E-state index is -0.711. The van der Waals surface area contributed by atoms with E-state index < -0.39 is 11.3 Å². The highest BCUT2D eigenvalue weighted by molar-refractivity contribution is 6.34. The molecule has 0 unspecified atom stereocenters. The van der Waals surface area contributed by atoms with Gasteiger partial charge in [0, 0.05) is 23.9 Å². The third kappa shape index (κ3) is 3.70. The Labute approximate surface area is 161 Å². The van der Waals surface area contributed by atoms with E-state index in [0.717, 1.165) is 5.56 Å². The van der Waals surface area contributed by atoms with Gasteiger partial charge in [-0.1, -0.05) is 35.3 Å². The van der Waals surface area contributed by atoms with E-state index in [-0.39, 0.29) is 16.5 Å². The molecule has 0 bridgehead atoms. The van der Waals surface area contributed by atoms with E-state index in [1.54, 1.807) is 18.2 Å². The molecular formula is C19H18Cl2N2O3. The third-order valence-electron chi connectivity index (χ3n) is 4.67. The fourth-order valence-electron chi connectivity index (χ4n) is 3.18. The molecule has 2 amide bonds. The van der Waals surface area contributed by atoms with Crippen LogP contribution in [-0.4, -0.2) is 25.0 Å². The summed E-state index contributed by atoms with van der Waals surface area (Å²) in [6.45, 7) is 0.995. The minimum Gasteiger partial charge on any atom is -0.381 e. The molecule has 0 atom stereocenters. The Hall–Kier alpha value is -2.08. The fraction of sp³-hybridized carbons (Fsp3) is 0.263. The second-order valence-corrected chi connectivity index (χ2v) is 7.06. The molecule has 7 heteroatoms. The first-order valence-corrected chi connectivity index (χ1v) is 8.92. The van der Waals surface area contributed by atoms with Crippen LogP contribution >= 0.6 is 23.2 Å². The van der Waals surface area contributed by atoms with Crippen molar-refractivity contribution in [3.8, 4) is 0 Å². The molecule has 1 heterocycles. The number of nitrogens with two attached hydrogens (primary N) is 1.